The number of hydrogen-bond donors (Lipinski definition) is 1. The maximum Gasteiger partial charge on any atom is 0.169 e. The van der Waals surface area contributed by atoms with Gasteiger partial charge in [0.2, 0.25) is 0 Å². The van der Waals surface area contributed by atoms with Gasteiger partial charge in [-0.15, -0.1) is 0 Å². The molecule has 0 spiro atoms. The van der Waals surface area contributed by atoms with Crippen LogP contribution in [0.15, 0.2) is 12.3 Å². The average molecular weight is 191 g/mol. The molecular weight excluding hydrogens is 176 g/mol. The van der Waals surface area contributed by atoms with E-state index in [0.717, 1.165) is 19.4 Å². The Morgan fingerprint density at radius 3 is 2.82 bits per heavy atom. The van der Waals surface area contributed by atoms with Gasteiger partial charge in [-0.05, 0) is 6.20 Å². The zero-order chi connectivity index (χ0) is 8.32. The molecule has 64 valence electrons. The van der Waals surface area contributed by atoms with Crippen LogP contribution in [-0.2, 0) is 0 Å². The maximum atomic E-state index is 6.20. The van der Waals surface area contributed by atoms with Crippen LogP contribution in [-0.4, -0.2) is 31.7 Å². The third-order valence-corrected chi connectivity index (χ3v) is 2.99. The number of nitrogens with one attached hydrogen (secondary N) is 1. The number of hydrogen-bond acceptors (Lipinski definition) is 2. The minimum absolute atomic E-state index is 0.944. The molecule has 1 aliphatic rings. The maximum absolute atomic E-state index is 6.20. The Kier molecular flexibility index (Phi) is 2.98. The third-order valence-electron chi connectivity index (χ3n) is 1.47. The third kappa shape index (κ3) is 3.79. The number of rotatable bonds is 2. The van der Waals surface area contributed by atoms with Gasteiger partial charge in [-0.25, -0.2) is 0 Å². The monoisotopic (exact) mass is 190 g/mol. The molecular formula is C7H15ClN2Si. The van der Waals surface area contributed by atoms with Gasteiger partial charge in [-0.1, -0.05) is 19.2 Å². The summed E-state index contributed by atoms with van der Waals surface area (Å²) in [7, 11) is -1.44. The predicted octanol–water partition coefficient (Wildman–Crippen LogP) is 1.35. The van der Waals surface area contributed by atoms with Crippen molar-refractivity contribution in [3.8, 4) is 0 Å². The van der Waals surface area contributed by atoms with Crippen molar-refractivity contribution in [2.45, 2.75) is 13.1 Å². The molecule has 0 saturated heterocycles. The summed E-state index contributed by atoms with van der Waals surface area (Å²) in [5.41, 5.74) is 0. The Labute approximate surface area is 73.9 Å². The highest BCUT2D eigenvalue weighted by Crippen LogP contribution is 2.10. The van der Waals surface area contributed by atoms with Crippen molar-refractivity contribution in [3.05, 3.63) is 12.3 Å². The first-order chi connectivity index (χ1) is 5.08. The predicted molar refractivity (Wildman–Crippen MR) is 52.1 cm³/mol. The second-order valence-electron chi connectivity index (χ2n) is 3.46. The molecule has 0 bridgehead atoms. The van der Waals surface area contributed by atoms with Gasteiger partial charge in [0, 0.05) is 12.7 Å². The van der Waals surface area contributed by atoms with Crippen molar-refractivity contribution in [1.29, 1.82) is 0 Å². The fraction of sp³-hybridized carbons (Fsp3) is 0.714. The average Bonchev–Trinajstić information content (AvgIpc) is 1.85. The van der Waals surface area contributed by atoms with E-state index in [9.17, 15) is 0 Å². The van der Waals surface area contributed by atoms with E-state index in [1.54, 1.807) is 0 Å². The van der Waals surface area contributed by atoms with Gasteiger partial charge in [0.15, 0.2) is 7.38 Å². The second kappa shape index (κ2) is 3.60. The molecule has 0 radical (unpaired) electrons. The van der Waals surface area contributed by atoms with Gasteiger partial charge in [0.05, 0.1) is 6.67 Å². The van der Waals surface area contributed by atoms with E-state index in [1.807, 2.05) is 0 Å². The highest BCUT2D eigenvalue weighted by atomic mass is 35.6. The summed E-state index contributed by atoms with van der Waals surface area (Å²) in [5, 5.41) is 3.26. The lowest BCUT2D eigenvalue weighted by Crippen LogP contribution is -2.42. The van der Waals surface area contributed by atoms with Crippen LogP contribution in [0.3, 0.4) is 0 Å². The van der Waals surface area contributed by atoms with Gasteiger partial charge in [-0.3, -0.25) is 5.32 Å². The SMILES string of the molecule is C[Si](C)(Cl)CN1C=CCNC1. The molecule has 1 rings (SSSR count). The molecule has 0 aromatic rings. The minimum Gasteiger partial charge on any atom is -0.366 e. The first-order valence-corrected chi connectivity index (χ1v) is 8.10. The molecule has 0 aromatic carbocycles. The normalized spacial score (nSPS) is 19.0. The summed E-state index contributed by atoms with van der Waals surface area (Å²) < 4.78 is 0. The number of nitrogens with zero attached hydrogens (tertiary/aromatic N) is 1. The number of halogens is 1. The van der Waals surface area contributed by atoms with E-state index in [2.05, 4.69) is 35.6 Å². The van der Waals surface area contributed by atoms with E-state index in [-0.39, 0.29) is 0 Å². The van der Waals surface area contributed by atoms with Crippen molar-refractivity contribution in [2.75, 3.05) is 19.4 Å². The summed E-state index contributed by atoms with van der Waals surface area (Å²) in [6, 6.07) is 0. The first kappa shape index (κ1) is 9.10. The van der Waals surface area contributed by atoms with Crippen LogP contribution in [0.4, 0.5) is 0 Å². The lowest BCUT2D eigenvalue weighted by molar-refractivity contribution is 0.378. The Morgan fingerprint density at radius 2 is 2.36 bits per heavy atom. The lowest BCUT2D eigenvalue weighted by atomic mass is 10.5. The molecule has 0 aromatic heterocycles. The molecule has 1 aliphatic heterocycles. The Hall–Kier alpha value is 0.00688. The fourth-order valence-electron chi connectivity index (χ4n) is 1.14. The highest BCUT2D eigenvalue weighted by Gasteiger charge is 2.20. The molecule has 0 aliphatic carbocycles. The van der Waals surface area contributed by atoms with Crippen LogP contribution in [0.5, 0.6) is 0 Å². The fourth-order valence-corrected chi connectivity index (χ4v) is 2.78. The van der Waals surface area contributed by atoms with E-state index in [4.69, 9.17) is 11.1 Å². The molecule has 0 atom stereocenters. The van der Waals surface area contributed by atoms with Crippen molar-refractivity contribution in [1.82, 2.24) is 10.2 Å². The van der Waals surface area contributed by atoms with Crippen LogP contribution in [0.2, 0.25) is 13.1 Å². The Balaban J connectivity index is 2.36. The molecule has 0 unspecified atom stereocenters. The van der Waals surface area contributed by atoms with Crippen LogP contribution >= 0.6 is 11.1 Å². The zero-order valence-electron chi connectivity index (χ0n) is 7.10. The Morgan fingerprint density at radius 1 is 1.64 bits per heavy atom. The zero-order valence-corrected chi connectivity index (χ0v) is 8.86. The van der Waals surface area contributed by atoms with Crippen LogP contribution in [0.25, 0.3) is 0 Å². The quantitative estimate of drug-likeness (QED) is 0.523. The van der Waals surface area contributed by atoms with E-state index in [1.165, 1.54) is 0 Å². The van der Waals surface area contributed by atoms with Crippen molar-refractivity contribution >= 4 is 18.5 Å². The topological polar surface area (TPSA) is 15.3 Å². The van der Waals surface area contributed by atoms with Gasteiger partial charge >= 0.3 is 0 Å². The molecule has 2 nitrogen and oxygen atoms in total. The van der Waals surface area contributed by atoms with Crippen LogP contribution in [0.1, 0.15) is 0 Å². The van der Waals surface area contributed by atoms with Crippen LogP contribution in [0, 0.1) is 0 Å². The molecule has 1 N–H and O–H groups in total. The van der Waals surface area contributed by atoms with Gasteiger partial charge < -0.3 is 4.90 Å². The van der Waals surface area contributed by atoms with Crippen LogP contribution < -0.4 is 5.32 Å². The molecule has 0 fully saturated rings. The summed E-state index contributed by atoms with van der Waals surface area (Å²) in [5.74, 6) is 0. The van der Waals surface area contributed by atoms with Crippen molar-refractivity contribution in [2.24, 2.45) is 0 Å². The standard InChI is InChI=1S/C7H15ClN2Si/c1-11(2,8)7-10-5-3-4-9-6-10/h3,5,9H,4,6-7H2,1-2H3. The first-order valence-electron chi connectivity index (χ1n) is 3.88. The van der Waals surface area contributed by atoms with Gasteiger partial charge in [0.1, 0.15) is 0 Å². The van der Waals surface area contributed by atoms with E-state index < -0.39 is 7.38 Å². The van der Waals surface area contributed by atoms with Gasteiger partial charge in [-0.2, -0.15) is 11.1 Å². The highest BCUT2D eigenvalue weighted by molar-refractivity contribution is 7.19. The Bertz CT molecular complexity index is 153. The molecule has 11 heavy (non-hydrogen) atoms. The molecule has 0 amide bonds. The molecule has 4 heteroatoms. The van der Waals surface area contributed by atoms with E-state index >= 15 is 0 Å². The minimum atomic E-state index is -1.44. The second-order valence-corrected chi connectivity index (χ2v) is 10.3. The largest absolute Gasteiger partial charge is 0.366 e. The summed E-state index contributed by atoms with van der Waals surface area (Å²) >= 11 is 6.20. The molecule has 1 heterocycles. The smallest absolute Gasteiger partial charge is 0.169 e. The summed E-state index contributed by atoms with van der Waals surface area (Å²) in [6.07, 6.45) is 5.28. The van der Waals surface area contributed by atoms with Gasteiger partial charge in [0.25, 0.3) is 0 Å². The lowest BCUT2D eigenvalue weighted by Gasteiger charge is -2.28. The van der Waals surface area contributed by atoms with Crippen molar-refractivity contribution < 1.29 is 0 Å². The summed E-state index contributed by atoms with van der Waals surface area (Å²) in [4.78, 5) is 2.24. The summed E-state index contributed by atoms with van der Waals surface area (Å²) in [6.45, 7) is 6.26. The van der Waals surface area contributed by atoms with E-state index in [0.29, 0.717) is 0 Å². The molecule has 0 saturated carbocycles. The van der Waals surface area contributed by atoms with Crippen molar-refractivity contribution in [3.63, 3.8) is 0 Å².